The van der Waals surface area contributed by atoms with Crippen molar-refractivity contribution >= 4 is 38.4 Å². The molecule has 138 valence electrons. The fraction of sp³-hybridized carbons (Fsp3) is 0.238. The number of para-hydroxylation sites is 1. The highest BCUT2D eigenvalue weighted by Crippen LogP contribution is 2.27. The second-order valence-corrected chi connectivity index (χ2v) is 7.57. The van der Waals surface area contributed by atoms with Crippen molar-refractivity contribution in [2.75, 3.05) is 5.32 Å². The fourth-order valence-corrected chi connectivity index (χ4v) is 3.94. The molecular formula is C21H19BrN2O3. The van der Waals surface area contributed by atoms with E-state index in [1.54, 1.807) is 0 Å². The second-order valence-electron chi connectivity index (χ2n) is 6.72. The van der Waals surface area contributed by atoms with Crippen LogP contribution >= 0.6 is 15.9 Å². The Hall–Kier alpha value is -2.60. The van der Waals surface area contributed by atoms with E-state index in [0.717, 1.165) is 23.1 Å². The Balaban J connectivity index is 1.60. The van der Waals surface area contributed by atoms with Gasteiger partial charge in [-0.1, -0.05) is 18.2 Å². The zero-order valence-corrected chi connectivity index (χ0v) is 16.2. The first-order valence-corrected chi connectivity index (χ1v) is 9.79. The number of hydrogen-bond acceptors (Lipinski definition) is 3. The quantitative estimate of drug-likeness (QED) is 0.625. The van der Waals surface area contributed by atoms with Crippen molar-refractivity contribution in [2.45, 2.75) is 31.8 Å². The van der Waals surface area contributed by atoms with Crippen LogP contribution in [-0.2, 0) is 0 Å². The van der Waals surface area contributed by atoms with Crippen LogP contribution in [0, 0.1) is 0 Å². The van der Waals surface area contributed by atoms with E-state index in [1.165, 1.54) is 18.9 Å². The minimum atomic E-state index is -0.331. The number of fused-ring (bicyclic) bond motifs is 1. The van der Waals surface area contributed by atoms with Crippen molar-refractivity contribution in [3.05, 3.63) is 68.9 Å². The summed E-state index contributed by atoms with van der Waals surface area (Å²) in [6.45, 7) is 0. The van der Waals surface area contributed by atoms with Gasteiger partial charge in [0, 0.05) is 27.7 Å². The molecule has 0 saturated heterocycles. The number of hydrogen-bond donors (Lipinski definition) is 2. The molecule has 2 N–H and O–H groups in total. The summed E-state index contributed by atoms with van der Waals surface area (Å²) in [6, 6.07) is 14.2. The average Bonchev–Trinajstić information content (AvgIpc) is 3.15. The summed E-state index contributed by atoms with van der Waals surface area (Å²) >= 11 is 3.41. The van der Waals surface area contributed by atoms with E-state index < -0.39 is 0 Å². The van der Waals surface area contributed by atoms with Crippen LogP contribution < -0.4 is 15.6 Å². The molecule has 0 atom stereocenters. The second kappa shape index (κ2) is 7.56. The summed E-state index contributed by atoms with van der Waals surface area (Å²) in [5.74, 6) is 0.417. The molecule has 1 saturated carbocycles. The number of aromatic nitrogens is 1. The number of benzene rings is 2. The van der Waals surface area contributed by atoms with E-state index in [2.05, 4.69) is 26.2 Å². The summed E-state index contributed by atoms with van der Waals surface area (Å²) in [6.07, 6.45) is 4.80. The van der Waals surface area contributed by atoms with Crippen molar-refractivity contribution in [3.63, 3.8) is 0 Å². The van der Waals surface area contributed by atoms with Gasteiger partial charge in [-0.3, -0.25) is 9.59 Å². The molecule has 1 aliphatic carbocycles. The predicted octanol–water partition coefficient (Wildman–Crippen LogP) is 4.86. The Labute approximate surface area is 164 Å². The number of anilines is 1. The normalized spacial score (nSPS) is 14.4. The van der Waals surface area contributed by atoms with Gasteiger partial charge in [-0.2, -0.15) is 0 Å². The summed E-state index contributed by atoms with van der Waals surface area (Å²) in [5.41, 5.74) is 1.25. The number of carbonyl (C=O) groups is 1. The maximum Gasteiger partial charge on any atom is 0.256 e. The van der Waals surface area contributed by atoms with Crippen LogP contribution in [0.4, 0.5) is 5.69 Å². The van der Waals surface area contributed by atoms with Gasteiger partial charge in [0.25, 0.3) is 5.91 Å². The lowest BCUT2D eigenvalue weighted by Gasteiger charge is -2.14. The predicted molar refractivity (Wildman–Crippen MR) is 110 cm³/mol. The number of halogens is 1. The summed E-state index contributed by atoms with van der Waals surface area (Å²) in [7, 11) is 0. The monoisotopic (exact) mass is 426 g/mol. The van der Waals surface area contributed by atoms with E-state index >= 15 is 0 Å². The number of H-pyrrole nitrogens is 1. The van der Waals surface area contributed by atoms with Crippen molar-refractivity contribution in [2.24, 2.45) is 0 Å². The molecule has 27 heavy (non-hydrogen) atoms. The molecule has 1 aromatic heterocycles. The lowest BCUT2D eigenvalue weighted by Crippen LogP contribution is -2.17. The summed E-state index contributed by atoms with van der Waals surface area (Å²) in [4.78, 5) is 27.6. The zero-order chi connectivity index (χ0) is 18.8. The highest BCUT2D eigenvalue weighted by Gasteiger charge is 2.17. The van der Waals surface area contributed by atoms with Gasteiger partial charge in [-0.05, 0) is 59.8 Å². The van der Waals surface area contributed by atoms with E-state index in [4.69, 9.17) is 4.74 Å². The van der Waals surface area contributed by atoms with Crippen molar-refractivity contribution in [1.29, 1.82) is 0 Å². The summed E-state index contributed by atoms with van der Waals surface area (Å²) < 4.78 is 6.73. The van der Waals surface area contributed by atoms with Crippen LogP contribution in [0.15, 0.2) is 57.8 Å². The zero-order valence-electron chi connectivity index (χ0n) is 14.6. The molecule has 0 spiro atoms. The first kappa shape index (κ1) is 17.8. The third kappa shape index (κ3) is 3.90. The standard InChI is InChI=1S/C21H19BrN2O3/c22-18-10-4-9-16-17(12-19(25)24-20(16)18)21(26)23-13-5-3-8-15(11-13)27-14-6-1-2-7-14/h3-5,8-12,14H,1-2,6-7H2,(H,23,26)(H,24,25). The topological polar surface area (TPSA) is 71.2 Å². The highest BCUT2D eigenvalue weighted by molar-refractivity contribution is 9.10. The highest BCUT2D eigenvalue weighted by atomic mass is 79.9. The number of amides is 1. The van der Waals surface area contributed by atoms with Crippen molar-refractivity contribution in [1.82, 2.24) is 4.98 Å². The molecule has 5 nitrogen and oxygen atoms in total. The van der Waals surface area contributed by atoms with Gasteiger partial charge in [0.05, 0.1) is 17.2 Å². The van der Waals surface area contributed by atoms with Crippen LogP contribution in [0.1, 0.15) is 36.0 Å². The number of pyridine rings is 1. The fourth-order valence-electron chi connectivity index (χ4n) is 3.48. The largest absolute Gasteiger partial charge is 0.490 e. The molecule has 1 heterocycles. The number of rotatable bonds is 4. The van der Waals surface area contributed by atoms with Gasteiger partial charge in [-0.15, -0.1) is 0 Å². The van der Waals surface area contributed by atoms with Gasteiger partial charge < -0.3 is 15.0 Å². The van der Waals surface area contributed by atoms with E-state index in [9.17, 15) is 9.59 Å². The molecule has 0 radical (unpaired) electrons. The molecule has 3 aromatic rings. The van der Waals surface area contributed by atoms with E-state index in [1.807, 2.05) is 42.5 Å². The average molecular weight is 427 g/mol. The smallest absolute Gasteiger partial charge is 0.256 e. The SMILES string of the molecule is O=C(Nc1cccc(OC2CCCC2)c1)c1cc(=O)[nH]c2c(Br)cccc12. The first-order chi connectivity index (χ1) is 13.1. The Kier molecular flexibility index (Phi) is 4.99. The summed E-state index contributed by atoms with van der Waals surface area (Å²) in [5, 5.41) is 3.56. The molecule has 4 rings (SSSR count). The molecule has 2 aromatic carbocycles. The Morgan fingerprint density at radius 1 is 1.11 bits per heavy atom. The van der Waals surface area contributed by atoms with Gasteiger partial charge >= 0.3 is 0 Å². The maximum atomic E-state index is 12.8. The molecule has 0 aliphatic heterocycles. The minimum Gasteiger partial charge on any atom is -0.490 e. The third-order valence-corrected chi connectivity index (χ3v) is 5.43. The number of nitrogens with one attached hydrogen (secondary N) is 2. The Bertz CT molecular complexity index is 1050. The molecular weight excluding hydrogens is 408 g/mol. The number of ether oxygens (including phenoxy) is 1. The van der Waals surface area contributed by atoms with E-state index in [-0.39, 0.29) is 17.6 Å². The van der Waals surface area contributed by atoms with Gasteiger partial charge in [0.15, 0.2) is 0 Å². The molecule has 6 heteroatoms. The van der Waals surface area contributed by atoms with Crippen molar-refractivity contribution in [3.8, 4) is 5.75 Å². The maximum absolute atomic E-state index is 12.8. The Morgan fingerprint density at radius 3 is 2.70 bits per heavy atom. The van der Waals surface area contributed by atoms with Gasteiger partial charge in [0.2, 0.25) is 5.56 Å². The minimum absolute atomic E-state index is 0.255. The van der Waals surface area contributed by atoms with Crippen molar-refractivity contribution < 1.29 is 9.53 Å². The molecule has 1 fully saturated rings. The van der Waals surface area contributed by atoms with Crippen LogP contribution in [0.3, 0.4) is 0 Å². The lowest BCUT2D eigenvalue weighted by atomic mass is 10.1. The lowest BCUT2D eigenvalue weighted by molar-refractivity contribution is 0.102. The van der Waals surface area contributed by atoms with Gasteiger partial charge in [0.1, 0.15) is 5.75 Å². The third-order valence-electron chi connectivity index (χ3n) is 4.77. The first-order valence-electron chi connectivity index (χ1n) is 9.00. The van der Waals surface area contributed by atoms with E-state index in [0.29, 0.717) is 22.2 Å². The molecule has 0 unspecified atom stereocenters. The van der Waals surface area contributed by atoms with Crippen LogP contribution in [-0.4, -0.2) is 17.0 Å². The van der Waals surface area contributed by atoms with Gasteiger partial charge in [-0.25, -0.2) is 0 Å². The number of carbonyl (C=O) groups excluding carboxylic acids is 1. The number of aromatic amines is 1. The molecule has 1 amide bonds. The Morgan fingerprint density at radius 2 is 1.89 bits per heavy atom. The molecule has 1 aliphatic rings. The van der Waals surface area contributed by atoms with Crippen LogP contribution in [0.2, 0.25) is 0 Å². The van der Waals surface area contributed by atoms with Crippen LogP contribution in [0.5, 0.6) is 5.75 Å². The van der Waals surface area contributed by atoms with Crippen LogP contribution in [0.25, 0.3) is 10.9 Å². The molecule has 0 bridgehead atoms.